The SMILES string of the molecule is Cc1cc(CCC(=O)O)ccc1C(=O)N[C@H]1C(=O)N2C(C(=O)OC(c3ccccc3)c3ccccc3)=C(CO)CS[C@H]12. The Morgan fingerprint density at radius 3 is 2.24 bits per heavy atom. The molecule has 216 valence electrons. The van der Waals surface area contributed by atoms with Crippen LogP contribution in [-0.4, -0.2) is 62.6 Å². The normalized spacial score (nSPS) is 17.9. The Kier molecular flexibility index (Phi) is 8.75. The fourth-order valence-electron chi connectivity index (χ4n) is 5.15. The zero-order valence-electron chi connectivity index (χ0n) is 22.9. The lowest BCUT2D eigenvalue weighted by molar-refractivity contribution is -0.153. The lowest BCUT2D eigenvalue weighted by Gasteiger charge is -2.49. The number of fused-ring (bicyclic) bond motifs is 1. The molecular weight excluding hydrogens is 556 g/mol. The summed E-state index contributed by atoms with van der Waals surface area (Å²) in [6, 6.07) is 22.8. The van der Waals surface area contributed by atoms with Crippen molar-refractivity contribution in [2.45, 2.75) is 37.3 Å². The van der Waals surface area contributed by atoms with Gasteiger partial charge in [0.15, 0.2) is 6.10 Å². The maximum atomic E-state index is 13.7. The molecular formula is C32H30N2O7S. The molecule has 2 atom stereocenters. The van der Waals surface area contributed by atoms with Crippen molar-refractivity contribution in [3.05, 3.63) is 118 Å². The number of aliphatic hydroxyl groups excluding tert-OH is 1. The van der Waals surface area contributed by atoms with Crippen LogP contribution in [0.5, 0.6) is 0 Å². The van der Waals surface area contributed by atoms with Gasteiger partial charge in [-0.3, -0.25) is 19.3 Å². The number of carboxylic acid groups (broad SMARTS) is 1. The molecule has 1 saturated heterocycles. The third kappa shape index (κ3) is 5.95. The molecule has 9 nitrogen and oxygen atoms in total. The Morgan fingerprint density at radius 1 is 1.02 bits per heavy atom. The highest BCUT2D eigenvalue weighted by molar-refractivity contribution is 8.00. The van der Waals surface area contributed by atoms with Crippen LogP contribution in [0, 0.1) is 6.92 Å². The van der Waals surface area contributed by atoms with E-state index in [1.165, 1.54) is 16.7 Å². The number of carbonyl (C=O) groups is 4. The summed E-state index contributed by atoms with van der Waals surface area (Å²) in [6.45, 7) is 1.34. The number of aliphatic carboxylic acids is 1. The largest absolute Gasteiger partial charge is 0.481 e. The number of hydrogen-bond donors (Lipinski definition) is 3. The van der Waals surface area contributed by atoms with Crippen LogP contribution in [0.4, 0.5) is 0 Å². The summed E-state index contributed by atoms with van der Waals surface area (Å²) in [6.07, 6.45) is -0.392. The van der Waals surface area contributed by atoms with Gasteiger partial charge in [-0.25, -0.2) is 4.79 Å². The summed E-state index contributed by atoms with van der Waals surface area (Å²) in [7, 11) is 0. The monoisotopic (exact) mass is 586 g/mol. The van der Waals surface area contributed by atoms with Gasteiger partial charge in [-0.2, -0.15) is 0 Å². The van der Waals surface area contributed by atoms with Crippen LogP contribution >= 0.6 is 11.8 Å². The highest BCUT2D eigenvalue weighted by Gasteiger charge is 2.54. The molecule has 10 heteroatoms. The van der Waals surface area contributed by atoms with Gasteiger partial charge in [0.25, 0.3) is 11.8 Å². The molecule has 0 aliphatic carbocycles. The van der Waals surface area contributed by atoms with Gasteiger partial charge in [-0.1, -0.05) is 72.8 Å². The van der Waals surface area contributed by atoms with Crippen molar-refractivity contribution in [3.63, 3.8) is 0 Å². The van der Waals surface area contributed by atoms with E-state index < -0.39 is 47.9 Å². The second-order valence-corrected chi connectivity index (χ2v) is 11.2. The lowest BCUT2D eigenvalue weighted by Crippen LogP contribution is -2.70. The second-order valence-electron chi connectivity index (χ2n) is 10.1. The number of carbonyl (C=O) groups excluding carboxylic acids is 3. The Labute approximate surface area is 247 Å². The van der Waals surface area contributed by atoms with E-state index in [4.69, 9.17) is 9.84 Å². The number of β-lactam (4-membered cyclic amide) rings is 1. The number of aryl methyl sites for hydroxylation is 2. The highest BCUT2D eigenvalue weighted by atomic mass is 32.2. The van der Waals surface area contributed by atoms with E-state index in [1.54, 1.807) is 25.1 Å². The number of hydrogen-bond acceptors (Lipinski definition) is 7. The molecule has 0 bridgehead atoms. The first kappa shape index (κ1) is 29.1. The van der Waals surface area contributed by atoms with Gasteiger partial charge in [0.1, 0.15) is 17.1 Å². The first-order valence-electron chi connectivity index (χ1n) is 13.5. The molecule has 1 fully saturated rings. The van der Waals surface area contributed by atoms with Crippen LogP contribution in [0.1, 0.15) is 45.1 Å². The average Bonchev–Trinajstić information content (AvgIpc) is 3.01. The van der Waals surface area contributed by atoms with E-state index in [0.29, 0.717) is 28.9 Å². The summed E-state index contributed by atoms with van der Waals surface area (Å²) in [4.78, 5) is 52.4. The number of ether oxygens (including phenoxy) is 1. The molecule has 3 aromatic carbocycles. The third-order valence-electron chi connectivity index (χ3n) is 7.31. The molecule has 2 amide bonds. The van der Waals surface area contributed by atoms with E-state index in [-0.39, 0.29) is 12.1 Å². The van der Waals surface area contributed by atoms with Crippen molar-refractivity contribution in [3.8, 4) is 0 Å². The van der Waals surface area contributed by atoms with Crippen LogP contribution in [0.15, 0.2) is 90.1 Å². The number of benzene rings is 3. The van der Waals surface area contributed by atoms with Crippen molar-refractivity contribution in [1.29, 1.82) is 0 Å². The zero-order valence-corrected chi connectivity index (χ0v) is 23.7. The summed E-state index contributed by atoms with van der Waals surface area (Å²) >= 11 is 1.35. The number of nitrogens with one attached hydrogen (secondary N) is 1. The van der Waals surface area contributed by atoms with Crippen LogP contribution in [0.3, 0.4) is 0 Å². The molecule has 5 rings (SSSR count). The molecule has 0 aromatic heterocycles. The summed E-state index contributed by atoms with van der Waals surface area (Å²) in [5.74, 6) is -2.24. The van der Waals surface area contributed by atoms with Crippen LogP contribution in [-0.2, 0) is 25.5 Å². The van der Waals surface area contributed by atoms with Crippen molar-refractivity contribution >= 4 is 35.5 Å². The first-order valence-corrected chi connectivity index (χ1v) is 14.5. The van der Waals surface area contributed by atoms with E-state index in [9.17, 15) is 24.3 Å². The number of rotatable bonds is 10. The second kappa shape index (κ2) is 12.6. The molecule has 3 N–H and O–H groups in total. The number of esters is 1. The fourth-order valence-corrected chi connectivity index (χ4v) is 6.48. The minimum Gasteiger partial charge on any atom is -0.481 e. The quantitative estimate of drug-likeness (QED) is 0.243. The molecule has 2 aliphatic rings. The van der Waals surface area contributed by atoms with Gasteiger partial charge in [0, 0.05) is 17.7 Å². The van der Waals surface area contributed by atoms with Crippen molar-refractivity contribution in [2.24, 2.45) is 0 Å². The van der Waals surface area contributed by atoms with Crippen LogP contribution in [0.2, 0.25) is 0 Å². The van der Waals surface area contributed by atoms with E-state index >= 15 is 0 Å². The third-order valence-corrected chi connectivity index (χ3v) is 8.65. The minimum absolute atomic E-state index is 0.00701. The number of aliphatic hydroxyl groups is 1. The van der Waals surface area contributed by atoms with Crippen molar-refractivity contribution in [2.75, 3.05) is 12.4 Å². The molecule has 0 spiro atoms. The number of thioether (sulfide) groups is 1. The first-order chi connectivity index (χ1) is 20.3. The Morgan fingerprint density at radius 2 is 1.67 bits per heavy atom. The van der Waals surface area contributed by atoms with Gasteiger partial charge in [0.05, 0.1) is 6.61 Å². The predicted octanol–water partition coefficient (Wildman–Crippen LogP) is 3.60. The standard InChI is InChI=1S/C32H30N2O7S/c1-19-16-20(13-15-25(36)37)12-14-24(19)29(38)33-26-30(39)34-27(23(17-35)18-42-31(26)34)32(40)41-28(21-8-4-2-5-9-21)22-10-6-3-7-11-22/h2-12,14,16,26,28,31,35H,13,15,17-18H2,1H3,(H,33,38)(H,36,37)/t26-,31+/m0/s1. The Balaban J connectivity index is 1.33. The summed E-state index contributed by atoms with van der Waals surface area (Å²) in [5, 5.41) is 21.2. The molecule has 2 aliphatic heterocycles. The number of nitrogens with zero attached hydrogens (tertiary/aromatic N) is 1. The number of amides is 2. The maximum absolute atomic E-state index is 13.7. The average molecular weight is 587 g/mol. The molecule has 2 heterocycles. The van der Waals surface area contributed by atoms with Crippen LogP contribution in [0.25, 0.3) is 0 Å². The predicted molar refractivity (Wildman–Crippen MR) is 156 cm³/mol. The van der Waals surface area contributed by atoms with Gasteiger partial charge in [-0.05, 0) is 47.2 Å². The van der Waals surface area contributed by atoms with Gasteiger partial charge >= 0.3 is 11.9 Å². The Bertz CT molecular complexity index is 1500. The maximum Gasteiger partial charge on any atom is 0.356 e. The van der Waals surface area contributed by atoms with E-state index in [0.717, 1.165) is 16.7 Å². The van der Waals surface area contributed by atoms with Crippen molar-refractivity contribution in [1.82, 2.24) is 10.2 Å². The molecule has 42 heavy (non-hydrogen) atoms. The van der Waals surface area contributed by atoms with Crippen LogP contribution < -0.4 is 5.32 Å². The fraction of sp³-hybridized carbons (Fsp3) is 0.250. The summed E-state index contributed by atoms with van der Waals surface area (Å²) in [5.41, 5.74) is 3.74. The van der Waals surface area contributed by atoms with Crippen molar-refractivity contribution < 1.29 is 34.1 Å². The minimum atomic E-state index is -0.898. The number of carboxylic acids is 1. The molecule has 0 unspecified atom stereocenters. The topological polar surface area (TPSA) is 133 Å². The van der Waals surface area contributed by atoms with E-state index in [1.807, 2.05) is 60.7 Å². The van der Waals surface area contributed by atoms with Gasteiger partial charge in [0.2, 0.25) is 0 Å². The zero-order chi connectivity index (χ0) is 29.8. The molecule has 0 radical (unpaired) electrons. The van der Waals surface area contributed by atoms with Gasteiger partial charge < -0.3 is 20.3 Å². The molecule has 0 saturated carbocycles. The smallest absolute Gasteiger partial charge is 0.356 e. The Hall–Kier alpha value is -4.41. The lowest BCUT2D eigenvalue weighted by atomic mass is 9.99. The van der Waals surface area contributed by atoms with E-state index in [2.05, 4.69) is 5.32 Å². The summed E-state index contributed by atoms with van der Waals surface area (Å²) < 4.78 is 6.01. The molecule has 3 aromatic rings. The highest BCUT2D eigenvalue weighted by Crippen LogP contribution is 2.41. The van der Waals surface area contributed by atoms with Gasteiger partial charge in [-0.15, -0.1) is 11.8 Å².